The van der Waals surface area contributed by atoms with Gasteiger partial charge in [0.25, 0.3) is 0 Å². The second-order valence-electron chi connectivity index (χ2n) is 8.44. The molecule has 1 aliphatic heterocycles. The van der Waals surface area contributed by atoms with Crippen LogP contribution in [-0.2, 0) is 0 Å². The van der Waals surface area contributed by atoms with Crippen molar-refractivity contribution in [3.05, 3.63) is 29.8 Å². The largest absolute Gasteiger partial charge is 0.497 e. The van der Waals surface area contributed by atoms with Crippen molar-refractivity contribution in [2.75, 3.05) is 46.9 Å². The van der Waals surface area contributed by atoms with Gasteiger partial charge in [0.2, 0.25) is 0 Å². The van der Waals surface area contributed by atoms with Gasteiger partial charge in [-0.1, -0.05) is 18.6 Å². The number of nitrogens with one attached hydrogen (secondary N) is 3. The number of guanidine groups is 1. The number of benzene rings is 1. The van der Waals surface area contributed by atoms with Gasteiger partial charge in [-0.2, -0.15) is 0 Å². The molecule has 1 aromatic carbocycles. The number of rotatable bonds is 8. The van der Waals surface area contributed by atoms with E-state index in [9.17, 15) is 0 Å². The van der Waals surface area contributed by atoms with Crippen LogP contribution in [0.3, 0.4) is 0 Å². The molecule has 0 amide bonds. The molecular weight excluding hydrogens is 477 g/mol. The van der Waals surface area contributed by atoms with E-state index in [1.807, 2.05) is 7.05 Å². The van der Waals surface area contributed by atoms with Crippen molar-refractivity contribution in [3.8, 4) is 5.75 Å². The molecule has 1 unspecified atom stereocenters. The maximum absolute atomic E-state index is 5.32. The van der Waals surface area contributed by atoms with E-state index in [4.69, 9.17) is 4.74 Å². The number of ether oxygens (including phenoxy) is 1. The quantitative estimate of drug-likeness (QED) is 0.214. The first-order chi connectivity index (χ1) is 13.4. The molecule has 166 valence electrons. The lowest BCUT2D eigenvalue weighted by Crippen LogP contribution is -2.47. The molecular formula is C22H40IN5O. The molecule has 1 aliphatic rings. The Kier molecular flexibility index (Phi) is 11.9. The first-order valence-corrected chi connectivity index (χ1v) is 10.5. The normalized spacial score (nSPS) is 16.7. The topological polar surface area (TPSA) is 60.9 Å². The van der Waals surface area contributed by atoms with E-state index in [0.29, 0.717) is 6.04 Å². The number of nitrogens with zero attached hydrogens (tertiary/aromatic N) is 2. The monoisotopic (exact) mass is 517 g/mol. The van der Waals surface area contributed by atoms with Crippen LogP contribution in [-0.4, -0.2) is 63.3 Å². The van der Waals surface area contributed by atoms with Crippen LogP contribution >= 0.6 is 24.0 Å². The van der Waals surface area contributed by atoms with Crippen molar-refractivity contribution in [1.29, 1.82) is 0 Å². The third-order valence-corrected chi connectivity index (χ3v) is 5.09. The third-order valence-electron chi connectivity index (χ3n) is 5.09. The van der Waals surface area contributed by atoms with Gasteiger partial charge < -0.3 is 20.7 Å². The fourth-order valence-electron chi connectivity index (χ4n) is 3.55. The Labute approximate surface area is 194 Å². The Morgan fingerprint density at radius 3 is 2.28 bits per heavy atom. The predicted octanol–water partition coefficient (Wildman–Crippen LogP) is 3.39. The summed E-state index contributed by atoms with van der Waals surface area (Å²) in [6.45, 7) is 11.4. The average molecular weight is 518 g/mol. The van der Waals surface area contributed by atoms with Crippen LogP contribution in [0.25, 0.3) is 0 Å². The number of hydrogen-bond acceptors (Lipinski definition) is 4. The number of likely N-dealkylation sites (tertiary alicyclic amines) is 1. The molecule has 2 rings (SSSR count). The molecule has 1 heterocycles. The van der Waals surface area contributed by atoms with E-state index in [-0.39, 0.29) is 29.5 Å². The van der Waals surface area contributed by atoms with Gasteiger partial charge in [0.1, 0.15) is 5.75 Å². The minimum Gasteiger partial charge on any atom is -0.497 e. The molecule has 0 aliphatic carbocycles. The van der Waals surface area contributed by atoms with E-state index in [1.165, 1.54) is 24.8 Å². The molecule has 0 radical (unpaired) electrons. The highest BCUT2D eigenvalue weighted by Crippen LogP contribution is 2.25. The number of halogens is 1. The van der Waals surface area contributed by atoms with E-state index in [2.05, 4.69) is 70.9 Å². The van der Waals surface area contributed by atoms with Gasteiger partial charge in [-0.15, -0.1) is 24.0 Å². The lowest BCUT2D eigenvalue weighted by atomic mass is 10.0. The molecule has 0 aromatic heterocycles. The van der Waals surface area contributed by atoms with Gasteiger partial charge in [0, 0.05) is 32.2 Å². The summed E-state index contributed by atoms with van der Waals surface area (Å²) >= 11 is 0. The van der Waals surface area contributed by atoms with Crippen LogP contribution < -0.4 is 20.7 Å². The van der Waals surface area contributed by atoms with Crippen LogP contribution in [0.2, 0.25) is 0 Å². The molecule has 3 N–H and O–H groups in total. The Balaban J connectivity index is 0.00000420. The fourth-order valence-corrected chi connectivity index (χ4v) is 3.55. The maximum atomic E-state index is 5.32. The van der Waals surface area contributed by atoms with E-state index >= 15 is 0 Å². The second kappa shape index (κ2) is 13.3. The number of aliphatic imine (C=N–C) groups is 1. The first-order valence-electron chi connectivity index (χ1n) is 10.5. The van der Waals surface area contributed by atoms with Crippen molar-refractivity contribution < 1.29 is 4.74 Å². The van der Waals surface area contributed by atoms with Crippen molar-refractivity contribution in [2.24, 2.45) is 4.99 Å². The zero-order valence-electron chi connectivity index (χ0n) is 18.8. The lowest BCUT2D eigenvalue weighted by molar-refractivity contribution is 0.164. The third kappa shape index (κ3) is 9.53. The number of hydrogen-bond donors (Lipinski definition) is 3. The predicted molar refractivity (Wildman–Crippen MR) is 134 cm³/mol. The summed E-state index contributed by atoms with van der Waals surface area (Å²) in [7, 11) is 3.54. The van der Waals surface area contributed by atoms with Gasteiger partial charge >= 0.3 is 0 Å². The highest BCUT2D eigenvalue weighted by Gasteiger charge is 2.22. The Morgan fingerprint density at radius 2 is 1.72 bits per heavy atom. The Morgan fingerprint density at radius 1 is 1.07 bits per heavy atom. The highest BCUT2D eigenvalue weighted by molar-refractivity contribution is 14.0. The Hall–Kier alpha value is -1.06. The molecule has 0 bridgehead atoms. The van der Waals surface area contributed by atoms with Gasteiger partial charge in [-0.3, -0.25) is 9.89 Å². The SMILES string of the molecule is CN=C(NCCNC(C)(C)C)NCC(c1ccc(OC)cc1)N1CCCCC1.I. The van der Waals surface area contributed by atoms with Crippen molar-refractivity contribution in [1.82, 2.24) is 20.9 Å². The highest BCUT2D eigenvalue weighted by atomic mass is 127. The van der Waals surface area contributed by atoms with Gasteiger partial charge in [0.15, 0.2) is 5.96 Å². The standard InChI is InChI=1S/C22H39N5O.HI/c1-22(2,3)26-14-13-24-21(23-4)25-17-20(27-15-7-6-8-16-27)18-9-11-19(28-5)12-10-18;/h9-12,20,26H,6-8,13-17H2,1-5H3,(H2,23,24,25);1H. The van der Waals surface area contributed by atoms with Crippen LogP contribution in [0.4, 0.5) is 0 Å². The maximum Gasteiger partial charge on any atom is 0.191 e. The number of piperidine rings is 1. The molecule has 29 heavy (non-hydrogen) atoms. The molecule has 0 saturated carbocycles. The Bertz CT molecular complexity index is 594. The first kappa shape index (κ1) is 26.0. The average Bonchev–Trinajstić information content (AvgIpc) is 2.70. The van der Waals surface area contributed by atoms with E-state index < -0.39 is 0 Å². The summed E-state index contributed by atoms with van der Waals surface area (Å²) in [5.74, 6) is 1.75. The van der Waals surface area contributed by atoms with Crippen LogP contribution in [0.15, 0.2) is 29.3 Å². The van der Waals surface area contributed by atoms with Gasteiger partial charge in [-0.25, -0.2) is 0 Å². The van der Waals surface area contributed by atoms with Gasteiger partial charge in [0.05, 0.1) is 13.2 Å². The second-order valence-corrected chi connectivity index (χ2v) is 8.44. The molecule has 6 nitrogen and oxygen atoms in total. The summed E-state index contributed by atoms with van der Waals surface area (Å²) in [6, 6.07) is 8.80. The van der Waals surface area contributed by atoms with E-state index in [1.54, 1.807) is 7.11 Å². The minimum absolute atomic E-state index is 0. The molecule has 1 saturated heterocycles. The molecule has 1 atom stereocenters. The van der Waals surface area contributed by atoms with Crippen molar-refractivity contribution in [3.63, 3.8) is 0 Å². The van der Waals surface area contributed by atoms with Crippen molar-refractivity contribution >= 4 is 29.9 Å². The molecule has 1 fully saturated rings. The summed E-state index contributed by atoms with van der Waals surface area (Å²) < 4.78 is 5.32. The zero-order chi connectivity index (χ0) is 20.4. The molecule has 1 aromatic rings. The summed E-state index contributed by atoms with van der Waals surface area (Å²) in [4.78, 5) is 6.98. The van der Waals surface area contributed by atoms with Crippen LogP contribution in [0.5, 0.6) is 5.75 Å². The molecule has 7 heteroatoms. The summed E-state index contributed by atoms with van der Waals surface area (Å²) in [5.41, 5.74) is 1.45. The zero-order valence-corrected chi connectivity index (χ0v) is 21.1. The van der Waals surface area contributed by atoms with E-state index in [0.717, 1.165) is 44.4 Å². The van der Waals surface area contributed by atoms with Crippen LogP contribution in [0.1, 0.15) is 51.6 Å². The smallest absolute Gasteiger partial charge is 0.191 e. The lowest BCUT2D eigenvalue weighted by Gasteiger charge is -2.35. The number of methoxy groups -OCH3 is 1. The summed E-state index contributed by atoms with van der Waals surface area (Å²) in [6.07, 6.45) is 3.89. The minimum atomic E-state index is 0. The van der Waals surface area contributed by atoms with Crippen molar-refractivity contribution in [2.45, 2.75) is 51.6 Å². The van der Waals surface area contributed by atoms with Gasteiger partial charge in [-0.05, 0) is 64.4 Å². The summed E-state index contributed by atoms with van der Waals surface area (Å²) in [5, 5.41) is 10.4. The van der Waals surface area contributed by atoms with Crippen LogP contribution in [0, 0.1) is 0 Å². The fraction of sp³-hybridized carbons (Fsp3) is 0.682. The molecule has 0 spiro atoms.